The summed E-state index contributed by atoms with van der Waals surface area (Å²) in [7, 11) is 0. The summed E-state index contributed by atoms with van der Waals surface area (Å²) >= 11 is 7.52. The SMILES string of the molecule is CCOc1ccc(CSC(=O)N2CCCCCC2)cc1Cl. The van der Waals surface area contributed by atoms with Crippen molar-refractivity contribution in [3.05, 3.63) is 28.8 Å². The van der Waals surface area contributed by atoms with Crippen molar-refractivity contribution in [1.29, 1.82) is 0 Å². The maximum Gasteiger partial charge on any atom is 0.281 e. The van der Waals surface area contributed by atoms with Crippen molar-refractivity contribution >= 4 is 28.6 Å². The van der Waals surface area contributed by atoms with E-state index in [1.165, 1.54) is 24.6 Å². The minimum atomic E-state index is 0.182. The summed E-state index contributed by atoms with van der Waals surface area (Å²) in [6.07, 6.45) is 4.73. The monoisotopic (exact) mass is 327 g/mol. The molecule has 5 heteroatoms. The van der Waals surface area contributed by atoms with Crippen molar-refractivity contribution in [1.82, 2.24) is 4.90 Å². The van der Waals surface area contributed by atoms with Gasteiger partial charge >= 0.3 is 0 Å². The second-order valence-electron chi connectivity index (χ2n) is 5.15. The normalized spacial score (nSPS) is 15.6. The molecule has 0 spiro atoms. The van der Waals surface area contributed by atoms with E-state index in [-0.39, 0.29) is 5.24 Å². The molecule has 0 aliphatic carbocycles. The van der Waals surface area contributed by atoms with Crippen molar-refractivity contribution in [2.45, 2.75) is 38.4 Å². The summed E-state index contributed by atoms with van der Waals surface area (Å²) in [6.45, 7) is 4.33. The molecular formula is C16H22ClNO2S. The molecule has 0 atom stereocenters. The highest BCUT2D eigenvalue weighted by molar-refractivity contribution is 8.12. The Labute approximate surface area is 136 Å². The molecule has 1 aromatic rings. The predicted octanol–water partition coefficient (Wildman–Crippen LogP) is 4.97. The number of thioether (sulfide) groups is 1. The predicted molar refractivity (Wildman–Crippen MR) is 89.4 cm³/mol. The number of rotatable bonds is 4. The fourth-order valence-electron chi connectivity index (χ4n) is 2.40. The van der Waals surface area contributed by atoms with E-state index in [0.717, 1.165) is 31.5 Å². The average Bonchev–Trinajstić information content (AvgIpc) is 2.76. The van der Waals surface area contributed by atoms with Gasteiger partial charge in [0.15, 0.2) is 0 Å². The number of ether oxygens (including phenoxy) is 1. The lowest BCUT2D eigenvalue weighted by Crippen LogP contribution is -2.28. The van der Waals surface area contributed by atoms with Crippen LogP contribution in [0.15, 0.2) is 18.2 Å². The van der Waals surface area contributed by atoms with Gasteiger partial charge in [0.25, 0.3) is 5.24 Å². The number of hydrogen-bond donors (Lipinski definition) is 0. The van der Waals surface area contributed by atoms with E-state index in [9.17, 15) is 4.79 Å². The van der Waals surface area contributed by atoms with Crippen LogP contribution in [-0.4, -0.2) is 29.8 Å². The molecule has 1 aliphatic heterocycles. The van der Waals surface area contributed by atoms with Gasteiger partial charge in [0, 0.05) is 18.8 Å². The van der Waals surface area contributed by atoms with Gasteiger partial charge in [0.2, 0.25) is 0 Å². The molecule has 1 amide bonds. The summed E-state index contributed by atoms with van der Waals surface area (Å²) in [5, 5.41) is 0.791. The van der Waals surface area contributed by atoms with Gasteiger partial charge < -0.3 is 9.64 Å². The summed E-state index contributed by atoms with van der Waals surface area (Å²) in [5.41, 5.74) is 1.05. The maximum absolute atomic E-state index is 12.2. The lowest BCUT2D eigenvalue weighted by atomic mass is 10.2. The smallest absolute Gasteiger partial charge is 0.281 e. The Morgan fingerprint density at radius 3 is 2.62 bits per heavy atom. The molecule has 2 rings (SSSR count). The maximum atomic E-state index is 12.2. The van der Waals surface area contributed by atoms with Crippen molar-refractivity contribution < 1.29 is 9.53 Å². The standard InChI is InChI=1S/C16H22ClNO2S/c1-2-20-15-8-7-13(11-14(15)17)12-21-16(19)18-9-5-3-4-6-10-18/h7-8,11H,2-6,9-10,12H2,1H3. The Hall–Kier alpha value is -0.870. The first-order valence-corrected chi connectivity index (χ1v) is 8.90. The molecule has 0 N–H and O–H groups in total. The lowest BCUT2D eigenvalue weighted by molar-refractivity contribution is 0.225. The topological polar surface area (TPSA) is 29.5 Å². The largest absolute Gasteiger partial charge is 0.492 e. The summed E-state index contributed by atoms with van der Waals surface area (Å²) < 4.78 is 5.41. The minimum absolute atomic E-state index is 0.182. The fourth-order valence-corrected chi connectivity index (χ4v) is 3.49. The van der Waals surface area contributed by atoms with Crippen LogP contribution >= 0.6 is 23.4 Å². The Morgan fingerprint density at radius 2 is 2.00 bits per heavy atom. The first-order chi connectivity index (χ1) is 10.2. The molecule has 1 aliphatic rings. The minimum Gasteiger partial charge on any atom is -0.492 e. The first kappa shape index (κ1) is 16.5. The molecule has 21 heavy (non-hydrogen) atoms. The second-order valence-corrected chi connectivity index (χ2v) is 6.49. The van der Waals surface area contributed by atoms with E-state index < -0.39 is 0 Å². The third-order valence-corrected chi connectivity index (χ3v) is 4.80. The van der Waals surface area contributed by atoms with E-state index in [2.05, 4.69) is 0 Å². The lowest BCUT2D eigenvalue weighted by Gasteiger charge is -2.19. The number of hydrogen-bond acceptors (Lipinski definition) is 3. The highest BCUT2D eigenvalue weighted by Gasteiger charge is 2.16. The number of benzene rings is 1. The molecule has 1 aromatic carbocycles. The van der Waals surface area contributed by atoms with Gasteiger partial charge in [-0.3, -0.25) is 4.79 Å². The third-order valence-electron chi connectivity index (χ3n) is 3.52. The van der Waals surface area contributed by atoms with Crippen LogP contribution in [0.4, 0.5) is 4.79 Å². The number of carbonyl (C=O) groups is 1. The Morgan fingerprint density at radius 1 is 1.29 bits per heavy atom. The second kappa shape index (κ2) is 8.54. The molecular weight excluding hydrogens is 306 g/mol. The Kier molecular flexibility index (Phi) is 6.71. The molecule has 3 nitrogen and oxygen atoms in total. The van der Waals surface area contributed by atoms with Gasteiger partial charge in [-0.1, -0.05) is 42.3 Å². The van der Waals surface area contributed by atoms with Crippen LogP contribution in [0.2, 0.25) is 5.02 Å². The molecule has 0 radical (unpaired) electrons. The van der Waals surface area contributed by atoms with Crippen molar-refractivity contribution in [2.24, 2.45) is 0 Å². The number of amides is 1. The summed E-state index contributed by atoms with van der Waals surface area (Å²) in [4.78, 5) is 14.2. The summed E-state index contributed by atoms with van der Waals surface area (Å²) in [6, 6.07) is 5.73. The zero-order valence-corrected chi connectivity index (χ0v) is 14.0. The van der Waals surface area contributed by atoms with Gasteiger partial charge in [0.1, 0.15) is 5.75 Å². The number of carbonyl (C=O) groups excluding carboxylic acids is 1. The van der Waals surface area contributed by atoms with Crippen LogP contribution in [0.25, 0.3) is 0 Å². The third kappa shape index (κ3) is 5.11. The number of halogens is 1. The quantitative estimate of drug-likeness (QED) is 0.782. The van der Waals surface area contributed by atoms with Crippen LogP contribution in [-0.2, 0) is 5.75 Å². The van der Waals surface area contributed by atoms with Gasteiger partial charge in [0.05, 0.1) is 11.6 Å². The number of likely N-dealkylation sites (tertiary alicyclic amines) is 1. The molecule has 1 heterocycles. The van der Waals surface area contributed by atoms with Crippen LogP contribution < -0.4 is 4.74 Å². The average molecular weight is 328 g/mol. The molecule has 1 fully saturated rings. The zero-order chi connectivity index (χ0) is 15.1. The van der Waals surface area contributed by atoms with E-state index in [1.807, 2.05) is 30.0 Å². The molecule has 0 unspecified atom stereocenters. The zero-order valence-electron chi connectivity index (χ0n) is 12.4. The van der Waals surface area contributed by atoms with Crippen LogP contribution in [0.1, 0.15) is 38.2 Å². The molecule has 0 bridgehead atoms. The Bertz CT molecular complexity index is 473. The fraction of sp³-hybridized carbons (Fsp3) is 0.562. The van der Waals surface area contributed by atoms with Gasteiger partial charge in [-0.05, 0) is 37.5 Å². The van der Waals surface area contributed by atoms with Crippen LogP contribution in [0, 0.1) is 0 Å². The van der Waals surface area contributed by atoms with E-state index in [1.54, 1.807) is 0 Å². The molecule has 1 saturated heterocycles. The van der Waals surface area contributed by atoms with Crippen molar-refractivity contribution in [2.75, 3.05) is 19.7 Å². The van der Waals surface area contributed by atoms with E-state index >= 15 is 0 Å². The number of nitrogens with zero attached hydrogens (tertiary/aromatic N) is 1. The van der Waals surface area contributed by atoms with Crippen molar-refractivity contribution in [3.63, 3.8) is 0 Å². The van der Waals surface area contributed by atoms with Gasteiger partial charge in [-0.2, -0.15) is 0 Å². The van der Waals surface area contributed by atoms with E-state index in [0.29, 0.717) is 23.1 Å². The van der Waals surface area contributed by atoms with E-state index in [4.69, 9.17) is 16.3 Å². The van der Waals surface area contributed by atoms with Gasteiger partial charge in [-0.25, -0.2) is 0 Å². The molecule has 116 valence electrons. The first-order valence-electron chi connectivity index (χ1n) is 7.53. The van der Waals surface area contributed by atoms with Crippen LogP contribution in [0.3, 0.4) is 0 Å². The highest BCUT2D eigenvalue weighted by Crippen LogP contribution is 2.28. The van der Waals surface area contributed by atoms with Gasteiger partial charge in [-0.15, -0.1) is 0 Å². The summed E-state index contributed by atoms with van der Waals surface area (Å²) in [5.74, 6) is 1.35. The van der Waals surface area contributed by atoms with Crippen molar-refractivity contribution in [3.8, 4) is 5.75 Å². The Balaban J connectivity index is 1.87. The molecule has 0 saturated carbocycles. The molecule has 0 aromatic heterocycles. The highest BCUT2D eigenvalue weighted by atomic mass is 35.5. The van der Waals surface area contributed by atoms with Crippen LogP contribution in [0.5, 0.6) is 5.75 Å².